The molecule has 164 valence electrons. The highest BCUT2D eigenvalue weighted by Gasteiger charge is 2.22. The van der Waals surface area contributed by atoms with Gasteiger partial charge < -0.3 is 4.74 Å². The number of ether oxygens (including phenoxy) is 1. The second-order valence-electron chi connectivity index (χ2n) is 7.93. The molecule has 1 saturated heterocycles. The number of thiazole rings is 1. The summed E-state index contributed by atoms with van der Waals surface area (Å²) in [5.41, 5.74) is 1.33. The lowest BCUT2D eigenvalue weighted by atomic mass is 10.1. The zero-order valence-electron chi connectivity index (χ0n) is 17.7. The average molecular weight is 450 g/mol. The number of benzene rings is 3. The van der Waals surface area contributed by atoms with Crippen molar-refractivity contribution in [3.05, 3.63) is 72.0 Å². The van der Waals surface area contributed by atoms with Gasteiger partial charge in [-0.05, 0) is 47.5 Å². The summed E-state index contributed by atoms with van der Waals surface area (Å²) >= 11 is 1.35. The van der Waals surface area contributed by atoms with Gasteiger partial charge >= 0.3 is 0 Å². The maximum absolute atomic E-state index is 13.7. The van der Waals surface area contributed by atoms with Gasteiger partial charge in [0, 0.05) is 31.7 Å². The molecule has 5 nitrogen and oxygen atoms in total. The van der Waals surface area contributed by atoms with E-state index >= 15 is 0 Å². The van der Waals surface area contributed by atoms with Gasteiger partial charge in [0.25, 0.3) is 5.91 Å². The van der Waals surface area contributed by atoms with Crippen molar-refractivity contribution in [2.75, 3.05) is 44.3 Å². The van der Waals surface area contributed by atoms with Crippen molar-refractivity contribution in [2.45, 2.75) is 6.42 Å². The predicted molar refractivity (Wildman–Crippen MR) is 127 cm³/mol. The van der Waals surface area contributed by atoms with Crippen LogP contribution in [0.5, 0.6) is 0 Å². The van der Waals surface area contributed by atoms with Crippen LogP contribution in [0.3, 0.4) is 0 Å². The molecule has 32 heavy (non-hydrogen) atoms. The average Bonchev–Trinajstić information content (AvgIpc) is 3.24. The third-order valence-corrected chi connectivity index (χ3v) is 6.81. The number of morpholine rings is 1. The van der Waals surface area contributed by atoms with Crippen molar-refractivity contribution in [3.8, 4) is 0 Å². The molecule has 0 aliphatic carbocycles. The number of rotatable bonds is 6. The minimum atomic E-state index is -0.299. The van der Waals surface area contributed by atoms with E-state index in [0.29, 0.717) is 22.8 Å². The molecule has 1 aliphatic rings. The predicted octanol–water partition coefficient (Wildman–Crippen LogP) is 4.96. The number of nitrogens with zero attached hydrogens (tertiary/aromatic N) is 3. The molecule has 0 radical (unpaired) electrons. The smallest absolute Gasteiger partial charge is 0.260 e. The van der Waals surface area contributed by atoms with Crippen molar-refractivity contribution >= 4 is 43.4 Å². The molecule has 1 aliphatic heterocycles. The molecule has 7 heteroatoms. The van der Waals surface area contributed by atoms with Crippen LogP contribution in [0.2, 0.25) is 0 Å². The largest absolute Gasteiger partial charge is 0.379 e. The third kappa shape index (κ3) is 4.50. The van der Waals surface area contributed by atoms with E-state index in [9.17, 15) is 9.18 Å². The van der Waals surface area contributed by atoms with Gasteiger partial charge in [-0.25, -0.2) is 9.37 Å². The molecule has 3 aromatic carbocycles. The molecule has 5 rings (SSSR count). The topological polar surface area (TPSA) is 45.7 Å². The Labute approximate surface area is 190 Å². The Kier molecular flexibility index (Phi) is 6.12. The van der Waals surface area contributed by atoms with Crippen LogP contribution in [0.4, 0.5) is 9.52 Å². The van der Waals surface area contributed by atoms with Crippen LogP contribution in [-0.2, 0) is 4.74 Å². The lowest BCUT2D eigenvalue weighted by Gasteiger charge is -2.27. The molecule has 0 saturated carbocycles. The van der Waals surface area contributed by atoms with Crippen molar-refractivity contribution in [1.82, 2.24) is 9.88 Å². The minimum Gasteiger partial charge on any atom is -0.379 e. The van der Waals surface area contributed by atoms with Crippen LogP contribution in [0.25, 0.3) is 21.0 Å². The first-order chi connectivity index (χ1) is 15.7. The maximum Gasteiger partial charge on any atom is 0.260 e. The molecule has 1 aromatic heterocycles. The summed E-state index contributed by atoms with van der Waals surface area (Å²) in [4.78, 5) is 22.4. The van der Waals surface area contributed by atoms with Crippen LogP contribution >= 0.6 is 11.3 Å². The molecule has 1 fully saturated rings. The normalized spacial score (nSPS) is 14.8. The number of halogens is 1. The summed E-state index contributed by atoms with van der Waals surface area (Å²) in [6, 6.07) is 18.3. The number of fused-ring (bicyclic) bond motifs is 2. The van der Waals surface area contributed by atoms with E-state index in [1.54, 1.807) is 11.0 Å². The Bertz CT molecular complexity index is 1250. The van der Waals surface area contributed by atoms with Gasteiger partial charge in [0.05, 0.1) is 23.4 Å². The highest BCUT2D eigenvalue weighted by Crippen LogP contribution is 2.31. The lowest BCUT2D eigenvalue weighted by Crippen LogP contribution is -2.39. The van der Waals surface area contributed by atoms with E-state index in [2.05, 4.69) is 9.88 Å². The van der Waals surface area contributed by atoms with Crippen molar-refractivity contribution < 1.29 is 13.9 Å². The highest BCUT2D eigenvalue weighted by molar-refractivity contribution is 7.22. The van der Waals surface area contributed by atoms with Crippen LogP contribution in [0.15, 0.2) is 60.7 Å². The lowest BCUT2D eigenvalue weighted by molar-refractivity contribution is 0.0376. The fourth-order valence-electron chi connectivity index (χ4n) is 4.04. The summed E-state index contributed by atoms with van der Waals surface area (Å²) in [7, 11) is 0. The molecule has 0 spiro atoms. The second kappa shape index (κ2) is 9.32. The van der Waals surface area contributed by atoms with Crippen molar-refractivity contribution in [3.63, 3.8) is 0 Å². The molecule has 0 bridgehead atoms. The molecule has 0 atom stereocenters. The van der Waals surface area contributed by atoms with E-state index in [1.165, 1.54) is 23.5 Å². The summed E-state index contributed by atoms with van der Waals surface area (Å²) in [5, 5.41) is 2.72. The summed E-state index contributed by atoms with van der Waals surface area (Å²) in [6.45, 7) is 4.78. The van der Waals surface area contributed by atoms with Crippen molar-refractivity contribution in [2.24, 2.45) is 0 Å². The van der Waals surface area contributed by atoms with E-state index in [0.717, 1.165) is 54.7 Å². The second-order valence-corrected chi connectivity index (χ2v) is 8.94. The first kappa shape index (κ1) is 21.0. The standard InChI is InChI=1S/C25H24FN3O2S/c26-21-8-9-22-23(17-21)32-25(27-22)29(11-3-10-28-12-14-31-15-13-28)24(30)20-7-6-18-4-1-2-5-19(18)16-20/h1-2,4-9,16-17H,3,10-15H2. The number of anilines is 1. The Hall–Kier alpha value is -2.87. The van der Waals surface area contributed by atoms with Crippen LogP contribution in [-0.4, -0.2) is 55.2 Å². The SMILES string of the molecule is O=C(c1ccc2ccccc2c1)N(CCCN1CCOCC1)c1nc2ccc(F)cc2s1. The minimum absolute atomic E-state index is 0.0859. The number of amides is 1. The third-order valence-electron chi connectivity index (χ3n) is 5.77. The Morgan fingerprint density at radius 3 is 2.72 bits per heavy atom. The molecule has 1 amide bonds. The number of aromatic nitrogens is 1. The molecular weight excluding hydrogens is 425 g/mol. The molecule has 4 aromatic rings. The highest BCUT2D eigenvalue weighted by atomic mass is 32.1. The fourth-order valence-corrected chi connectivity index (χ4v) is 5.06. The molecule has 0 unspecified atom stereocenters. The van der Waals surface area contributed by atoms with E-state index in [1.807, 2.05) is 42.5 Å². The van der Waals surface area contributed by atoms with Gasteiger partial charge in [-0.1, -0.05) is 41.7 Å². The summed E-state index contributed by atoms with van der Waals surface area (Å²) < 4.78 is 19.9. The summed E-state index contributed by atoms with van der Waals surface area (Å²) in [5.74, 6) is -0.385. The van der Waals surface area contributed by atoms with Crippen LogP contribution < -0.4 is 4.90 Å². The molecule has 2 heterocycles. The first-order valence-corrected chi connectivity index (χ1v) is 11.7. The van der Waals surface area contributed by atoms with Gasteiger partial charge in [0.2, 0.25) is 0 Å². The van der Waals surface area contributed by atoms with E-state index in [-0.39, 0.29) is 11.7 Å². The number of carbonyl (C=O) groups is 1. The zero-order valence-corrected chi connectivity index (χ0v) is 18.5. The first-order valence-electron chi connectivity index (χ1n) is 10.8. The number of hydrogen-bond donors (Lipinski definition) is 0. The zero-order chi connectivity index (χ0) is 21.9. The van der Waals surface area contributed by atoms with Gasteiger partial charge in [0.1, 0.15) is 5.82 Å². The Morgan fingerprint density at radius 2 is 1.88 bits per heavy atom. The number of hydrogen-bond acceptors (Lipinski definition) is 5. The molecule has 0 N–H and O–H groups in total. The van der Waals surface area contributed by atoms with Crippen LogP contribution in [0, 0.1) is 5.82 Å². The van der Waals surface area contributed by atoms with Gasteiger partial charge in [-0.3, -0.25) is 14.6 Å². The Morgan fingerprint density at radius 1 is 1.06 bits per heavy atom. The van der Waals surface area contributed by atoms with E-state index in [4.69, 9.17) is 4.74 Å². The fraction of sp³-hybridized carbons (Fsp3) is 0.280. The van der Waals surface area contributed by atoms with Gasteiger partial charge in [-0.2, -0.15) is 0 Å². The van der Waals surface area contributed by atoms with Gasteiger partial charge in [0.15, 0.2) is 5.13 Å². The maximum atomic E-state index is 13.7. The van der Waals surface area contributed by atoms with Gasteiger partial charge in [-0.15, -0.1) is 0 Å². The van der Waals surface area contributed by atoms with Crippen molar-refractivity contribution in [1.29, 1.82) is 0 Å². The van der Waals surface area contributed by atoms with E-state index < -0.39 is 0 Å². The Balaban J connectivity index is 1.43. The molecular formula is C25H24FN3O2S. The van der Waals surface area contributed by atoms with Crippen LogP contribution in [0.1, 0.15) is 16.8 Å². The monoisotopic (exact) mass is 449 g/mol. The quantitative estimate of drug-likeness (QED) is 0.418. The summed E-state index contributed by atoms with van der Waals surface area (Å²) in [6.07, 6.45) is 0.823. The number of carbonyl (C=O) groups excluding carboxylic acids is 1.